The highest BCUT2D eigenvalue weighted by molar-refractivity contribution is 5.81. The number of guanidine groups is 1. The Kier molecular flexibility index (Phi) is 9.25. The maximum atomic E-state index is 12.2. The number of methoxy groups -OCH3 is 1. The first-order chi connectivity index (χ1) is 14.0. The summed E-state index contributed by atoms with van der Waals surface area (Å²) in [4.78, 5) is 21.5. The second-order valence-electron chi connectivity index (χ2n) is 7.45. The van der Waals surface area contributed by atoms with Gasteiger partial charge in [-0.2, -0.15) is 0 Å². The fourth-order valence-electron chi connectivity index (χ4n) is 3.70. The van der Waals surface area contributed by atoms with Crippen molar-refractivity contribution in [1.29, 1.82) is 0 Å². The van der Waals surface area contributed by atoms with Crippen molar-refractivity contribution < 1.29 is 14.3 Å². The van der Waals surface area contributed by atoms with E-state index in [1.165, 1.54) is 0 Å². The predicted octanol–water partition coefficient (Wildman–Crippen LogP) is 2.54. The zero-order valence-electron chi connectivity index (χ0n) is 18.5. The van der Waals surface area contributed by atoms with Crippen LogP contribution in [-0.4, -0.2) is 75.7 Å². The van der Waals surface area contributed by atoms with Crippen molar-refractivity contribution in [3.05, 3.63) is 29.8 Å². The molecular formula is C22H36N4O3. The van der Waals surface area contributed by atoms with Crippen molar-refractivity contribution in [2.45, 2.75) is 32.7 Å². The second-order valence-corrected chi connectivity index (χ2v) is 7.45. The Morgan fingerprint density at radius 3 is 2.76 bits per heavy atom. The number of rotatable bonds is 8. The van der Waals surface area contributed by atoms with E-state index < -0.39 is 0 Å². The van der Waals surface area contributed by atoms with E-state index in [4.69, 9.17) is 14.5 Å². The van der Waals surface area contributed by atoms with E-state index >= 15 is 0 Å². The topological polar surface area (TPSA) is 66.4 Å². The van der Waals surface area contributed by atoms with Crippen LogP contribution in [0.5, 0.6) is 5.75 Å². The predicted molar refractivity (Wildman–Crippen MR) is 116 cm³/mol. The van der Waals surface area contributed by atoms with Crippen LogP contribution >= 0.6 is 0 Å². The Hall–Kier alpha value is -2.28. The summed E-state index contributed by atoms with van der Waals surface area (Å²) in [7, 11) is 5.80. The lowest BCUT2D eigenvalue weighted by molar-refractivity contribution is -0.149. The Balaban J connectivity index is 2.18. The normalized spacial score (nSPS) is 18.5. The zero-order chi connectivity index (χ0) is 21.2. The quantitative estimate of drug-likeness (QED) is 0.408. The molecule has 2 atom stereocenters. The molecule has 1 aliphatic rings. The number of likely N-dealkylation sites (tertiary alicyclic amines) is 1. The van der Waals surface area contributed by atoms with Crippen LogP contribution < -0.4 is 10.1 Å². The molecule has 1 aromatic rings. The van der Waals surface area contributed by atoms with Crippen molar-refractivity contribution in [3.8, 4) is 5.75 Å². The number of hydrogen-bond donors (Lipinski definition) is 1. The van der Waals surface area contributed by atoms with E-state index in [2.05, 4.69) is 42.2 Å². The molecule has 1 saturated heterocycles. The molecule has 1 heterocycles. The molecule has 0 spiro atoms. The number of likely N-dealkylation sites (N-methyl/N-ethyl adjacent to an activating group) is 1. The zero-order valence-corrected chi connectivity index (χ0v) is 18.5. The molecule has 1 N–H and O–H groups in total. The number of piperidine rings is 1. The van der Waals surface area contributed by atoms with Gasteiger partial charge in [0, 0.05) is 25.2 Å². The number of aliphatic imine (C=N–C) groups is 1. The van der Waals surface area contributed by atoms with Crippen LogP contribution in [0.4, 0.5) is 0 Å². The van der Waals surface area contributed by atoms with E-state index in [0.717, 1.165) is 43.2 Å². The molecule has 0 amide bonds. The van der Waals surface area contributed by atoms with E-state index in [0.29, 0.717) is 19.7 Å². The number of nitrogens with zero attached hydrogens (tertiary/aromatic N) is 3. The standard InChI is InChI=1S/C22H36N4O3/c1-6-23-22(26-14-10-11-17(16-26)21(27)29-7-2)24-15-19(25(3)4)18-12-8-9-13-20(18)28-5/h8-9,12-13,17,19H,6-7,10-11,14-16H2,1-5H3,(H,23,24). The molecule has 162 valence electrons. The van der Waals surface area contributed by atoms with Crippen LogP contribution in [0.3, 0.4) is 0 Å². The van der Waals surface area contributed by atoms with Crippen LogP contribution in [0.25, 0.3) is 0 Å². The fourth-order valence-corrected chi connectivity index (χ4v) is 3.70. The Labute approximate surface area is 175 Å². The molecule has 2 rings (SSSR count). The van der Waals surface area contributed by atoms with Crippen LogP contribution in [0.2, 0.25) is 0 Å². The Morgan fingerprint density at radius 2 is 2.10 bits per heavy atom. The Morgan fingerprint density at radius 1 is 1.34 bits per heavy atom. The van der Waals surface area contributed by atoms with Gasteiger partial charge in [0.05, 0.1) is 32.2 Å². The van der Waals surface area contributed by atoms with Gasteiger partial charge in [0.25, 0.3) is 0 Å². The molecule has 1 aliphatic heterocycles. The smallest absolute Gasteiger partial charge is 0.310 e. The van der Waals surface area contributed by atoms with Gasteiger partial charge in [-0.05, 0) is 46.9 Å². The number of nitrogens with one attached hydrogen (secondary N) is 1. The fraction of sp³-hybridized carbons (Fsp3) is 0.636. The first-order valence-electron chi connectivity index (χ1n) is 10.5. The van der Waals surface area contributed by atoms with Gasteiger partial charge in [0.2, 0.25) is 0 Å². The van der Waals surface area contributed by atoms with Gasteiger partial charge in [-0.1, -0.05) is 18.2 Å². The van der Waals surface area contributed by atoms with Gasteiger partial charge in [0.15, 0.2) is 5.96 Å². The lowest BCUT2D eigenvalue weighted by atomic mass is 9.98. The maximum absolute atomic E-state index is 12.2. The van der Waals surface area contributed by atoms with Crippen molar-refractivity contribution >= 4 is 11.9 Å². The highest BCUT2D eigenvalue weighted by Crippen LogP contribution is 2.28. The minimum absolute atomic E-state index is 0.0884. The average Bonchev–Trinajstić information content (AvgIpc) is 2.73. The van der Waals surface area contributed by atoms with Crippen molar-refractivity contribution in [2.24, 2.45) is 10.9 Å². The van der Waals surface area contributed by atoms with Crippen LogP contribution in [0.15, 0.2) is 29.3 Å². The molecule has 7 nitrogen and oxygen atoms in total. The molecule has 0 aliphatic carbocycles. The van der Waals surface area contributed by atoms with E-state index in [9.17, 15) is 4.79 Å². The highest BCUT2D eigenvalue weighted by atomic mass is 16.5. The van der Waals surface area contributed by atoms with Gasteiger partial charge in [-0.25, -0.2) is 0 Å². The summed E-state index contributed by atoms with van der Waals surface area (Å²) in [5.41, 5.74) is 1.11. The molecular weight excluding hydrogens is 368 g/mol. The molecule has 0 aromatic heterocycles. The summed E-state index contributed by atoms with van der Waals surface area (Å²) in [6.07, 6.45) is 1.83. The first kappa shape index (κ1) is 23.0. The summed E-state index contributed by atoms with van der Waals surface area (Å²) in [5, 5.41) is 3.39. The van der Waals surface area contributed by atoms with E-state index in [1.807, 2.05) is 25.1 Å². The van der Waals surface area contributed by atoms with Crippen molar-refractivity contribution in [2.75, 3.05) is 54.0 Å². The first-order valence-corrected chi connectivity index (χ1v) is 10.5. The third-order valence-electron chi connectivity index (χ3n) is 5.21. The van der Waals surface area contributed by atoms with Gasteiger partial charge in [-0.3, -0.25) is 9.79 Å². The maximum Gasteiger partial charge on any atom is 0.310 e. The largest absolute Gasteiger partial charge is 0.496 e. The molecule has 2 unspecified atom stereocenters. The number of carbonyl (C=O) groups excluding carboxylic acids is 1. The molecule has 1 aromatic carbocycles. The number of para-hydroxylation sites is 1. The van der Waals surface area contributed by atoms with Crippen molar-refractivity contribution in [1.82, 2.24) is 15.1 Å². The third kappa shape index (κ3) is 6.35. The van der Waals surface area contributed by atoms with Crippen LogP contribution in [-0.2, 0) is 9.53 Å². The highest BCUT2D eigenvalue weighted by Gasteiger charge is 2.28. The summed E-state index contributed by atoms with van der Waals surface area (Å²) in [6.45, 7) is 7.24. The summed E-state index contributed by atoms with van der Waals surface area (Å²) in [5.74, 6) is 1.52. The molecule has 0 bridgehead atoms. The van der Waals surface area contributed by atoms with E-state index in [-0.39, 0.29) is 17.9 Å². The minimum Gasteiger partial charge on any atom is -0.496 e. The number of esters is 1. The third-order valence-corrected chi connectivity index (χ3v) is 5.21. The number of benzene rings is 1. The second kappa shape index (κ2) is 11.7. The number of hydrogen-bond acceptors (Lipinski definition) is 5. The Bertz CT molecular complexity index is 678. The van der Waals surface area contributed by atoms with Crippen molar-refractivity contribution in [3.63, 3.8) is 0 Å². The van der Waals surface area contributed by atoms with Gasteiger partial charge < -0.3 is 24.6 Å². The van der Waals surface area contributed by atoms with Crippen LogP contribution in [0.1, 0.15) is 38.3 Å². The van der Waals surface area contributed by atoms with Crippen LogP contribution in [0, 0.1) is 5.92 Å². The minimum atomic E-state index is -0.103. The lowest BCUT2D eigenvalue weighted by Gasteiger charge is -2.34. The van der Waals surface area contributed by atoms with Gasteiger partial charge in [-0.15, -0.1) is 0 Å². The molecule has 7 heteroatoms. The SMILES string of the molecule is CCNC(=NCC(c1ccccc1OC)N(C)C)N1CCCC(C(=O)OCC)C1. The number of carbonyl (C=O) groups is 1. The van der Waals surface area contributed by atoms with Gasteiger partial charge >= 0.3 is 5.97 Å². The summed E-state index contributed by atoms with van der Waals surface area (Å²) in [6, 6.07) is 8.16. The summed E-state index contributed by atoms with van der Waals surface area (Å²) >= 11 is 0. The lowest BCUT2D eigenvalue weighted by Crippen LogP contribution is -2.48. The molecule has 1 fully saturated rings. The summed E-state index contributed by atoms with van der Waals surface area (Å²) < 4.78 is 10.8. The molecule has 0 saturated carbocycles. The van der Waals surface area contributed by atoms with Gasteiger partial charge in [0.1, 0.15) is 5.75 Å². The average molecular weight is 405 g/mol. The molecule has 0 radical (unpaired) electrons. The number of ether oxygens (including phenoxy) is 2. The monoisotopic (exact) mass is 404 g/mol. The molecule has 29 heavy (non-hydrogen) atoms. The van der Waals surface area contributed by atoms with E-state index in [1.54, 1.807) is 7.11 Å².